The molecular formula is C14H12F4N2. The Kier molecular flexibility index (Phi) is 4.06. The van der Waals surface area contributed by atoms with Crippen LogP contribution in [0.5, 0.6) is 0 Å². The summed E-state index contributed by atoms with van der Waals surface area (Å²) in [4.78, 5) is 0. The number of halogens is 4. The topological polar surface area (TPSA) is 52.0 Å². The van der Waals surface area contributed by atoms with E-state index in [1.807, 2.05) is 0 Å². The maximum Gasteiger partial charge on any atom is 0.128 e. The van der Waals surface area contributed by atoms with Gasteiger partial charge in [-0.1, -0.05) is 0 Å². The van der Waals surface area contributed by atoms with Crippen molar-refractivity contribution in [2.75, 3.05) is 0 Å². The summed E-state index contributed by atoms with van der Waals surface area (Å²) >= 11 is 0. The van der Waals surface area contributed by atoms with Crippen LogP contribution in [-0.2, 0) is 0 Å². The maximum absolute atomic E-state index is 13.6. The Morgan fingerprint density at radius 1 is 0.650 bits per heavy atom. The van der Waals surface area contributed by atoms with E-state index in [1.165, 1.54) is 0 Å². The average Bonchev–Trinajstić information content (AvgIpc) is 2.42. The molecule has 2 nitrogen and oxygen atoms in total. The van der Waals surface area contributed by atoms with Crippen molar-refractivity contribution in [3.63, 3.8) is 0 Å². The van der Waals surface area contributed by atoms with Gasteiger partial charge in [-0.05, 0) is 36.4 Å². The number of hydrogen-bond acceptors (Lipinski definition) is 2. The van der Waals surface area contributed by atoms with Crippen molar-refractivity contribution < 1.29 is 17.6 Å². The zero-order valence-corrected chi connectivity index (χ0v) is 10.3. The molecule has 2 rings (SSSR count). The molecule has 0 radical (unpaired) electrons. The standard InChI is InChI=1S/C14H12F4N2/c15-7-1-3-11(17)9(5-7)13(19)14(20)10-6-8(16)2-4-12(10)18/h1-6,13-14H,19-20H2/t13-,14+. The predicted octanol–water partition coefficient (Wildman–Crippen LogP) is 2.94. The molecule has 2 aromatic rings. The fourth-order valence-electron chi connectivity index (χ4n) is 1.93. The first-order valence-corrected chi connectivity index (χ1v) is 5.81. The Labute approximate surface area is 113 Å². The molecule has 2 atom stereocenters. The minimum absolute atomic E-state index is 0.193. The van der Waals surface area contributed by atoms with E-state index in [2.05, 4.69) is 0 Å². The van der Waals surface area contributed by atoms with E-state index in [9.17, 15) is 17.6 Å². The van der Waals surface area contributed by atoms with Crippen LogP contribution in [0.4, 0.5) is 17.6 Å². The summed E-state index contributed by atoms with van der Waals surface area (Å²) in [5.41, 5.74) is 11.1. The normalized spacial score (nSPS) is 14.1. The summed E-state index contributed by atoms with van der Waals surface area (Å²) in [5.74, 6) is -2.90. The van der Waals surface area contributed by atoms with Crippen LogP contribution in [0.2, 0.25) is 0 Å². The maximum atomic E-state index is 13.6. The van der Waals surface area contributed by atoms with Crippen LogP contribution in [0.25, 0.3) is 0 Å². The highest BCUT2D eigenvalue weighted by Gasteiger charge is 2.23. The first-order chi connectivity index (χ1) is 9.40. The summed E-state index contributed by atoms with van der Waals surface area (Å²) in [6, 6.07) is 3.02. The molecule has 0 aliphatic rings. The fraction of sp³-hybridized carbons (Fsp3) is 0.143. The molecule has 0 amide bonds. The molecule has 2 aromatic carbocycles. The summed E-state index contributed by atoms with van der Waals surface area (Å²) in [5, 5.41) is 0. The molecule has 20 heavy (non-hydrogen) atoms. The lowest BCUT2D eigenvalue weighted by molar-refractivity contribution is 0.492. The number of nitrogens with two attached hydrogens (primary N) is 2. The van der Waals surface area contributed by atoms with Crippen molar-refractivity contribution in [2.24, 2.45) is 11.5 Å². The van der Waals surface area contributed by atoms with Crippen molar-refractivity contribution >= 4 is 0 Å². The quantitative estimate of drug-likeness (QED) is 0.851. The lowest BCUT2D eigenvalue weighted by Gasteiger charge is -2.21. The van der Waals surface area contributed by atoms with E-state index < -0.39 is 35.4 Å². The molecule has 0 spiro atoms. The molecule has 0 unspecified atom stereocenters. The SMILES string of the molecule is N[C@H](c1cc(F)ccc1F)[C@@H](N)c1cc(F)ccc1F. The molecule has 106 valence electrons. The van der Waals surface area contributed by atoms with Crippen molar-refractivity contribution in [3.8, 4) is 0 Å². The molecule has 6 heteroatoms. The second kappa shape index (κ2) is 5.60. The van der Waals surface area contributed by atoms with Crippen LogP contribution in [0, 0.1) is 23.3 Å². The van der Waals surface area contributed by atoms with Crippen molar-refractivity contribution in [1.82, 2.24) is 0 Å². The van der Waals surface area contributed by atoms with Gasteiger partial charge in [0.1, 0.15) is 23.3 Å². The minimum atomic E-state index is -1.21. The summed E-state index contributed by atoms with van der Waals surface area (Å²) in [6.45, 7) is 0. The van der Waals surface area contributed by atoms with Crippen LogP contribution in [-0.4, -0.2) is 0 Å². The Bertz CT molecular complexity index is 575. The van der Waals surface area contributed by atoms with Crippen molar-refractivity contribution in [3.05, 3.63) is 70.8 Å². The van der Waals surface area contributed by atoms with Gasteiger partial charge in [0.25, 0.3) is 0 Å². The average molecular weight is 284 g/mol. The van der Waals surface area contributed by atoms with Gasteiger partial charge in [-0.25, -0.2) is 17.6 Å². The predicted molar refractivity (Wildman–Crippen MR) is 66.6 cm³/mol. The van der Waals surface area contributed by atoms with Gasteiger partial charge in [0.15, 0.2) is 0 Å². The lowest BCUT2D eigenvalue weighted by Crippen LogP contribution is -2.28. The minimum Gasteiger partial charge on any atom is -0.322 e. The number of hydrogen-bond donors (Lipinski definition) is 2. The number of benzene rings is 2. The van der Waals surface area contributed by atoms with Crippen LogP contribution < -0.4 is 11.5 Å². The molecule has 0 bridgehead atoms. The molecule has 4 N–H and O–H groups in total. The van der Waals surface area contributed by atoms with Gasteiger partial charge in [0, 0.05) is 11.1 Å². The first-order valence-electron chi connectivity index (χ1n) is 5.81. The van der Waals surface area contributed by atoms with Crippen molar-refractivity contribution in [2.45, 2.75) is 12.1 Å². The van der Waals surface area contributed by atoms with Crippen LogP contribution in [0.1, 0.15) is 23.2 Å². The second-order valence-corrected chi connectivity index (χ2v) is 4.38. The highest BCUT2D eigenvalue weighted by atomic mass is 19.1. The van der Waals surface area contributed by atoms with Crippen LogP contribution >= 0.6 is 0 Å². The van der Waals surface area contributed by atoms with Crippen LogP contribution in [0.15, 0.2) is 36.4 Å². The van der Waals surface area contributed by atoms with Gasteiger partial charge in [-0.2, -0.15) is 0 Å². The zero-order chi connectivity index (χ0) is 14.9. The molecule has 0 aliphatic carbocycles. The highest BCUT2D eigenvalue weighted by Crippen LogP contribution is 2.28. The van der Waals surface area contributed by atoms with Gasteiger partial charge >= 0.3 is 0 Å². The first kappa shape index (κ1) is 14.5. The molecular weight excluding hydrogens is 272 g/mol. The Hall–Kier alpha value is -1.92. The highest BCUT2D eigenvalue weighted by molar-refractivity contribution is 5.29. The zero-order valence-electron chi connectivity index (χ0n) is 10.3. The third kappa shape index (κ3) is 2.81. The summed E-state index contributed by atoms with van der Waals surface area (Å²) in [6.07, 6.45) is 0. The second-order valence-electron chi connectivity index (χ2n) is 4.38. The molecule has 0 saturated carbocycles. The smallest absolute Gasteiger partial charge is 0.128 e. The Morgan fingerprint density at radius 3 is 1.35 bits per heavy atom. The third-order valence-electron chi connectivity index (χ3n) is 3.02. The molecule has 0 fully saturated rings. The lowest BCUT2D eigenvalue weighted by atomic mass is 9.94. The molecule has 0 aromatic heterocycles. The van der Waals surface area contributed by atoms with E-state index in [0.29, 0.717) is 0 Å². The monoisotopic (exact) mass is 284 g/mol. The number of rotatable bonds is 3. The van der Waals surface area contributed by atoms with E-state index in [1.54, 1.807) is 0 Å². The Morgan fingerprint density at radius 2 is 1.00 bits per heavy atom. The summed E-state index contributed by atoms with van der Waals surface area (Å²) in [7, 11) is 0. The molecule has 0 saturated heterocycles. The van der Waals surface area contributed by atoms with Crippen LogP contribution in [0.3, 0.4) is 0 Å². The van der Waals surface area contributed by atoms with Gasteiger partial charge in [-0.15, -0.1) is 0 Å². The van der Waals surface area contributed by atoms with E-state index >= 15 is 0 Å². The van der Waals surface area contributed by atoms with E-state index in [-0.39, 0.29) is 11.1 Å². The Balaban J connectivity index is 2.39. The van der Waals surface area contributed by atoms with Gasteiger partial charge in [0.2, 0.25) is 0 Å². The van der Waals surface area contributed by atoms with E-state index in [0.717, 1.165) is 36.4 Å². The van der Waals surface area contributed by atoms with Gasteiger partial charge < -0.3 is 11.5 Å². The van der Waals surface area contributed by atoms with Gasteiger partial charge in [-0.3, -0.25) is 0 Å². The molecule has 0 aliphatic heterocycles. The molecule has 0 heterocycles. The van der Waals surface area contributed by atoms with Gasteiger partial charge in [0.05, 0.1) is 12.1 Å². The summed E-state index contributed by atoms with van der Waals surface area (Å²) < 4.78 is 53.5. The van der Waals surface area contributed by atoms with E-state index in [4.69, 9.17) is 11.5 Å². The largest absolute Gasteiger partial charge is 0.322 e. The third-order valence-corrected chi connectivity index (χ3v) is 3.02. The fourth-order valence-corrected chi connectivity index (χ4v) is 1.93. The van der Waals surface area contributed by atoms with Crippen molar-refractivity contribution in [1.29, 1.82) is 0 Å².